The summed E-state index contributed by atoms with van der Waals surface area (Å²) in [6, 6.07) is 12.8. The predicted octanol–water partition coefficient (Wildman–Crippen LogP) is 5.96. The summed E-state index contributed by atoms with van der Waals surface area (Å²) >= 11 is 0. The van der Waals surface area contributed by atoms with E-state index in [9.17, 15) is 13.2 Å². The molecule has 0 radical (unpaired) electrons. The molecule has 35 heavy (non-hydrogen) atoms. The molecule has 1 fully saturated rings. The summed E-state index contributed by atoms with van der Waals surface area (Å²) in [5, 5.41) is 6.62. The topological polar surface area (TPSA) is 46.2 Å². The molecule has 0 amide bonds. The van der Waals surface area contributed by atoms with Crippen LogP contribution in [0.5, 0.6) is 0 Å². The Hall–Kier alpha value is -3.16. The van der Waals surface area contributed by atoms with Gasteiger partial charge in [0.25, 0.3) is 0 Å². The highest BCUT2D eigenvalue weighted by molar-refractivity contribution is 5.54. The molecular formula is C28H30F3N3O. The molecule has 1 saturated heterocycles. The molecule has 2 heterocycles. The van der Waals surface area contributed by atoms with E-state index in [4.69, 9.17) is 4.74 Å². The second-order valence-electron chi connectivity index (χ2n) is 9.04. The highest BCUT2D eigenvalue weighted by Gasteiger charge is 2.21. The third kappa shape index (κ3) is 6.71. The van der Waals surface area contributed by atoms with Crippen LogP contribution in [0.25, 0.3) is 0 Å². The molecule has 1 aromatic heterocycles. The molecule has 2 atom stereocenters. The quantitative estimate of drug-likeness (QED) is 0.396. The lowest BCUT2D eigenvalue weighted by Gasteiger charge is -2.28. The molecule has 4 rings (SSSR count). The van der Waals surface area contributed by atoms with E-state index in [-0.39, 0.29) is 29.5 Å². The Morgan fingerprint density at radius 2 is 1.69 bits per heavy atom. The summed E-state index contributed by atoms with van der Waals surface area (Å²) in [6.07, 6.45) is 4.44. The van der Waals surface area contributed by atoms with E-state index in [1.54, 1.807) is 30.5 Å². The largest absolute Gasteiger partial charge is 0.375 e. The van der Waals surface area contributed by atoms with Gasteiger partial charge in [-0.1, -0.05) is 30.8 Å². The number of ether oxygens (including phenoxy) is 1. The maximum absolute atomic E-state index is 14.7. The first-order valence-corrected chi connectivity index (χ1v) is 11.8. The van der Waals surface area contributed by atoms with Crippen LogP contribution in [0.4, 0.5) is 18.9 Å². The molecule has 0 bridgehead atoms. The lowest BCUT2D eigenvalue weighted by molar-refractivity contribution is 0.00389. The van der Waals surface area contributed by atoms with Crippen molar-refractivity contribution in [3.63, 3.8) is 0 Å². The lowest BCUT2D eigenvalue weighted by Crippen LogP contribution is -2.44. The van der Waals surface area contributed by atoms with E-state index in [1.807, 2.05) is 0 Å². The molecule has 3 aromatic rings. The second kappa shape index (κ2) is 11.5. The van der Waals surface area contributed by atoms with Crippen molar-refractivity contribution in [1.82, 2.24) is 10.3 Å². The van der Waals surface area contributed by atoms with Gasteiger partial charge in [-0.2, -0.15) is 0 Å². The van der Waals surface area contributed by atoms with E-state index in [0.29, 0.717) is 48.9 Å². The fourth-order valence-electron chi connectivity index (χ4n) is 4.35. The van der Waals surface area contributed by atoms with Crippen LogP contribution in [0.15, 0.2) is 73.2 Å². The maximum atomic E-state index is 14.7. The number of anilines is 1. The van der Waals surface area contributed by atoms with Crippen LogP contribution in [0, 0.1) is 17.5 Å². The van der Waals surface area contributed by atoms with Gasteiger partial charge in [-0.05, 0) is 61.6 Å². The third-order valence-corrected chi connectivity index (χ3v) is 6.30. The van der Waals surface area contributed by atoms with Crippen LogP contribution in [-0.4, -0.2) is 30.3 Å². The predicted molar refractivity (Wildman–Crippen MR) is 132 cm³/mol. The van der Waals surface area contributed by atoms with Crippen molar-refractivity contribution in [2.75, 3.05) is 18.5 Å². The summed E-state index contributed by atoms with van der Waals surface area (Å²) in [4.78, 5) is 4.01. The number of halogens is 3. The highest BCUT2D eigenvalue weighted by atomic mass is 19.1. The van der Waals surface area contributed by atoms with Gasteiger partial charge < -0.3 is 15.4 Å². The van der Waals surface area contributed by atoms with Crippen LogP contribution in [0.3, 0.4) is 0 Å². The van der Waals surface area contributed by atoms with E-state index in [0.717, 1.165) is 17.7 Å². The maximum Gasteiger partial charge on any atom is 0.146 e. The smallest absolute Gasteiger partial charge is 0.146 e. The zero-order chi connectivity index (χ0) is 24.8. The van der Waals surface area contributed by atoms with E-state index < -0.39 is 0 Å². The van der Waals surface area contributed by atoms with Crippen LogP contribution in [-0.2, 0) is 11.2 Å². The monoisotopic (exact) mass is 481 g/mol. The van der Waals surface area contributed by atoms with Crippen molar-refractivity contribution in [1.29, 1.82) is 0 Å². The van der Waals surface area contributed by atoms with Gasteiger partial charge >= 0.3 is 0 Å². The Bertz CT molecular complexity index is 1080. The zero-order valence-corrected chi connectivity index (χ0v) is 19.7. The number of morpholine rings is 1. The van der Waals surface area contributed by atoms with Crippen LogP contribution in [0.1, 0.15) is 42.4 Å². The summed E-state index contributed by atoms with van der Waals surface area (Å²) in [5.74, 6) is -1.23. The van der Waals surface area contributed by atoms with Crippen molar-refractivity contribution in [3.8, 4) is 0 Å². The molecule has 1 aliphatic heterocycles. The number of nitrogens with one attached hydrogen (secondary N) is 2. The Labute approximate surface area is 204 Å². The van der Waals surface area contributed by atoms with Crippen molar-refractivity contribution in [2.45, 2.75) is 44.2 Å². The minimum absolute atomic E-state index is 0.0242. The summed E-state index contributed by atoms with van der Waals surface area (Å²) in [6.45, 7) is 7.60. The van der Waals surface area contributed by atoms with Crippen LogP contribution in [0.2, 0.25) is 0 Å². The minimum atomic E-state index is -0.381. The Kier molecular flexibility index (Phi) is 8.21. The Balaban J connectivity index is 1.49. The molecule has 2 aromatic carbocycles. The van der Waals surface area contributed by atoms with Gasteiger partial charge in [0, 0.05) is 29.8 Å². The van der Waals surface area contributed by atoms with Crippen molar-refractivity contribution >= 4 is 5.69 Å². The van der Waals surface area contributed by atoms with E-state index >= 15 is 0 Å². The number of benzene rings is 2. The van der Waals surface area contributed by atoms with E-state index in [1.165, 1.54) is 30.5 Å². The minimum Gasteiger partial charge on any atom is -0.375 e. The van der Waals surface area contributed by atoms with Gasteiger partial charge in [0.1, 0.15) is 17.5 Å². The molecule has 0 aliphatic carbocycles. The summed E-state index contributed by atoms with van der Waals surface area (Å²) in [7, 11) is 0. The van der Waals surface area contributed by atoms with Gasteiger partial charge in [0.05, 0.1) is 30.8 Å². The van der Waals surface area contributed by atoms with Gasteiger partial charge in [-0.25, -0.2) is 13.2 Å². The fourth-order valence-corrected chi connectivity index (χ4v) is 4.35. The number of rotatable bonds is 9. The first-order valence-electron chi connectivity index (χ1n) is 11.8. The van der Waals surface area contributed by atoms with Gasteiger partial charge in [-0.15, -0.1) is 0 Å². The molecule has 7 heteroatoms. The van der Waals surface area contributed by atoms with Crippen LogP contribution >= 0.6 is 0 Å². The normalized spacial score (nSPS) is 18.0. The summed E-state index contributed by atoms with van der Waals surface area (Å²) < 4.78 is 47.6. The van der Waals surface area contributed by atoms with E-state index in [2.05, 4.69) is 29.1 Å². The Morgan fingerprint density at radius 1 is 1.06 bits per heavy atom. The number of hydrogen-bond acceptors (Lipinski definition) is 4. The van der Waals surface area contributed by atoms with Crippen molar-refractivity contribution in [2.24, 2.45) is 0 Å². The average molecular weight is 482 g/mol. The molecular weight excluding hydrogens is 451 g/mol. The third-order valence-electron chi connectivity index (χ3n) is 6.30. The Morgan fingerprint density at radius 3 is 2.26 bits per heavy atom. The first kappa shape index (κ1) is 24.9. The molecule has 0 unspecified atom stereocenters. The number of pyridine rings is 1. The van der Waals surface area contributed by atoms with Crippen molar-refractivity contribution < 1.29 is 17.9 Å². The zero-order valence-electron chi connectivity index (χ0n) is 19.7. The molecule has 2 N–H and O–H groups in total. The molecule has 184 valence electrons. The standard InChI is InChI=1S/C28H30F3N3O/c1-18(13-26(20-3-7-22(29)8-4-20)21-5-9-23(30)10-6-21)34-28-16-32-15-27(31)25(28)12-11-24-14-33-19(2)17-35-24/h3-10,15-16,19,24,26,33-34H,1,11-14,17H2,2H3/t19-,24-/m1/s1. The van der Waals surface area contributed by atoms with Gasteiger partial charge in [0.15, 0.2) is 0 Å². The molecule has 4 nitrogen and oxygen atoms in total. The van der Waals surface area contributed by atoms with Crippen LogP contribution < -0.4 is 10.6 Å². The number of hydrogen-bond donors (Lipinski definition) is 2. The SMILES string of the molecule is C=C(CC(c1ccc(F)cc1)c1ccc(F)cc1)Nc1cncc(F)c1CC[C@@H]1CN[C@H](C)CO1. The number of aromatic nitrogens is 1. The number of nitrogens with zero attached hydrogens (tertiary/aromatic N) is 1. The average Bonchev–Trinajstić information content (AvgIpc) is 2.84. The molecule has 0 spiro atoms. The van der Waals surface area contributed by atoms with Gasteiger partial charge in [0.2, 0.25) is 0 Å². The van der Waals surface area contributed by atoms with Gasteiger partial charge in [-0.3, -0.25) is 4.98 Å². The second-order valence-corrected chi connectivity index (χ2v) is 9.04. The van der Waals surface area contributed by atoms with Crippen molar-refractivity contribution in [3.05, 3.63) is 107 Å². The summed E-state index contributed by atoms with van der Waals surface area (Å²) in [5.41, 5.74) is 3.47. The lowest BCUT2D eigenvalue weighted by atomic mass is 9.87. The molecule has 1 aliphatic rings. The molecule has 0 saturated carbocycles. The fraction of sp³-hybridized carbons (Fsp3) is 0.321. The first-order chi connectivity index (χ1) is 16.9. The number of allylic oxidation sites excluding steroid dienone is 1. The highest BCUT2D eigenvalue weighted by Crippen LogP contribution is 2.32.